The number of ether oxygens (including phenoxy) is 1. The van der Waals surface area contributed by atoms with E-state index in [1.165, 1.54) is 18.4 Å². The van der Waals surface area contributed by atoms with Crippen molar-refractivity contribution in [1.29, 1.82) is 0 Å². The molecule has 0 atom stereocenters. The van der Waals surface area contributed by atoms with Gasteiger partial charge in [-0.1, -0.05) is 45.7 Å². The van der Waals surface area contributed by atoms with Gasteiger partial charge in [0.05, 0.1) is 17.7 Å². The van der Waals surface area contributed by atoms with Crippen LogP contribution in [-0.4, -0.2) is 18.9 Å². The van der Waals surface area contributed by atoms with E-state index in [0.717, 1.165) is 14.6 Å². The Kier molecular flexibility index (Phi) is 5.27. The summed E-state index contributed by atoms with van der Waals surface area (Å²) in [4.78, 5) is 25.0. The summed E-state index contributed by atoms with van der Waals surface area (Å²) in [5.41, 5.74) is 5.06. The van der Waals surface area contributed by atoms with Crippen molar-refractivity contribution >= 4 is 60.8 Å². The van der Waals surface area contributed by atoms with Gasteiger partial charge in [-0.15, -0.1) is 11.3 Å². The lowest BCUT2D eigenvalue weighted by atomic mass is 10.2. The fourth-order valence-electron chi connectivity index (χ4n) is 2.26. The van der Waals surface area contributed by atoms with Crippen molar-refractivity contribution in [2.75, 3.05) is 7.11 Å². The van der Waals surface area contributed by atoms with Gasteiger partial charge in [0.25, 0.3) is 11.8 Å². The zero-order valence-corrected chi connectivity index (χ0v) is 16.1. The maximum Gasteiger partial charge on any atom is 0.281 e. The van der Waals surface area contributed by atoms with Crippen molar-refractivity contribution < 1.29 is 14.3 Å². The number of rotatable bonds is 3. The van der Waals surface area contributed by atoms with E-state index in [0.29, 0.717) is 21.2 Å². The molecule has 0 spiro atoms. The van der Waals surface area contributed by atoms with Gasteiger partial charge in [0, 0.05) is 14.6 Å². The smallest absolute Gasteiger partial charge is 0.281 e. The van der Waals surface area contributed by atoms with E-state index in [1.54, 1.807) is 18.2 Å². The van der Waals surface area contributed by atoms with E-state index in [1.807, 2.05) is 24.3 Å². The summed E-state index contributed by atoms with van der Waals surface area (Å²) in [6.45, 7) is 0. The van der Waals surface area contributed by atoms with E-state index in [9.17, 15) is 9.59 Å². The fraction of sp³-hybridized carbons (Fsp3) is 0.0588. The van der Waals surface area contributed by atoms with Crippen LogP contribution in [0.1, 0.15) is 20.0 Å². The van der Waals surface area contributed by atoms with Gasteiger partial charge in [-0.05, 0) is 24.3 Å². The molecule has 0 unspecified atom stereocenters. The average Bonchev–Trinajstić information content (AvgIpc) is 2.96. The van der Waals surface area contributed by atoms with Gasteiger partial charge >= 0.3 is 0 Å². The third-order valence-corrected chi connectivity index (χ3v) is 5.60. The lowest BCUT2D eigenvalue weighted by Gasteiger charge is -2.10. The highest BCUT2D eigenvalue weighted by atomic mass is 79.9. The molecule has 5 nitrogen and oxygen atoms in total. The van der Waals surface area contributed by atoms with Crippen LogP contribution in [0, 0.1) is 0 Å². The largest absolute Gasteiger partial charge is 0.496 e. The van der Waals surface area contributed by atoms with E-state index in [2.05, 4.69) is 26.8 Å². The molecule has 0 aliphatic rings. The number of nitrogens with one attached hydrogen (secondary N) is 2. The molecule has 0 saturated heterocycles. The van der Waals surface area contributed by atoms with Crippen molar-refractivity contribution in [3.63, 3.8) is 0 Å². The zero-order valence-electron chi connectivity index (χ0n) is 12.9. The summed E-state index contributed by atoms with van der Waals surface area (Å²) in [5.74, 6) is -0.577. The second-order valence-corrected chi connectivity index (χ2v) is 7.34. The van der Waals surface area contributed by atoms with E-state index >= 15 is 0 Å². The molecule has 3 rings (SSSR count). The second-order valence-electron chi connectivity index (χ2n) is 4.99. The van der Waals surface area contributed by atoms with Gasteiger partial charge in [0.15, 0.2) is 0 Å². The number of hydrogen-bond acceptors (Lipinski definition) is 4. The summed E-state index contributed by atoms with van der Waals surface area (Å²) in [6.07, 6.45) is 0. The van der Waals surface area contributed by atoms with Crippen LogP contribution >= 0.6 is 38.9 Å². The molecular formula is C17H12BrClN2O3S. The van der Waals surface area contributed by atoms with Crippen LogP contribution in [0.2, 0.25) is 5.02 Å². The van der Waals surface area contributed by atoms with E-state index in [4.69, 9.17) is 16.3 Å². The first-order valence-corrected chi connectivity index (χ1v) is 9.11. The minimum absolute atomic E-state index is 0.291. The van der Waals surface area contributed by atoms with Gasteiger partial charge in [-0.25, -0.2) is 0 Å². The summed E-state index contributed by atoms with van der Waals surface area (Å²) < 4.78 is 6.78. The molecule has 1 heterocycles. The number of benzene rings is 2. The van der Waals surface area contributed by atoms with Crippen LogP contribution in [0.3, 0.4) is 0 Å². The van der Waals surface area contributed by atoms with Crippen molar-refractivity contribution in [1.82, 2.24) is 10.9 Å². The molecule has 2 aromatic carbocycles. The minimum Gasteiger partial charge on any atom is -0.496 e. The Balaban J connectivity index is 1.77. The van der Waals surface area contributed by atoms with Crippen LogP contribution in [0.4, 0.5) is 0 Å². The quantitative estimate of drug-likeness (QED) is 0.594. The summed E-state index contributed by atoms with van der Waals surface area (Å²) >= 11 is 10.8. The Labute approximate surface area is 161 Å². The molecule has 2 amide bonds. The molecular weight excluding hydrogens is 428 g/mol. The Morgan fingerprint density at radius 1 is 1.12 bits per heavy atom. The highest BCUT2D eigenvalue weighted by molar-refractivity contribution is 9.10. The van der Waals surface area contributed by atoms with Gasteiger partial charge in [0.1, 0.15) is 10.6 Å². The summed E-state index contributed by atoms with van der Waals surface area (Å²) in [5, 5.41) is 1.17. The first kappa shape index (κ1) is 17.7. The second kappa shape index (κ2) is 7.43. The van der Waals surface area contributed by atoms with Crippen LogP contribution in [0.5, 0.6) is 5.75 Å². The van der Waals surface area contributed by atoms with Crippen molar-refractivity contribution in [3.8, 4) is 5.75 Å². The monoisotopic (exact) mass is 438 g/mol. The third-order valence-electron chi connectivity index (χ3n) is 3.44. The fourth-order valence-corrected chi connectivity index (χ4v) is 4.03. The number of carbonyl (C=O) groups is 2. The summed E-state index contributed by atoms with van der Waals surface area (Å²) in [7, 11) is 1.47. The Hall–Kier alpha value is -2.09. The molecule has 0 radical (unpaired) electrons. The number of thiophene rings is 1. The van der Waals surface area contributed by atoms with Gasteiger partial charge in [-0.2, -0.15) is 0 Å². The average molecular weight is 440 g/mol. The van der Waals surface area contributed by atoms with Crippen LogP contribution in [0.15, 0.2) is 46.9 Å². The maximum absolute atomic E-state index is 12.4. The van der Waals surface area contributed by atoms with Crippen molar-refractivity contribution in [2.45, 2.75) is 0 Å². The minimum atomic E-state index is -0.497. The van der Waals surface area contributed by atoms with Crippen LogP contribution in [0.25, 0.3) is 10.1 Å². The Bertz CT molecular complexity index is 974. The lowest BCUT2D eigenvalue weighted by molar-refractivity contribution is 0.0847. The van der Waals surface area contributed by atoms with E-state index in [-0.39, 0.29) is 0 Å². The number of fused-ring (bicyclic) bond motifs is 1. The molecule has 8 heteroatoms. The molecule has 128 valence electrons. The number of hydrazine groups is 1. The zero-order chi connectivity index (χ0) is 18.0. The maximum atomic E-state index is 12.4. The molecule has 0 aliphatic heterocycles. The first-order chi connectivity index (χ1) is 12.0. The van der Waals surface area contributed by atoms with Gasteiger partial charge in [0.2, 0.25) is 0 Å². The molecule has 0 saturated carbocycles. The molecule has 1 aromatic heterocycles. The predicted molar refractivity (Wildman–Crippen MR) is 102 cm³/mol. The summed E-state index contributed by atoms with van der Waals surface area (Å²) in [6, 6.07) is 12.5. The first-order valence-electron chi connectivity index (χ1n) is 7.12. The molecule has 2 N–H and O–H groups in total. The number of methoxy groups -OCH3 is 1. The number of amides is 2. The standard InChI is InChI=1S/C17H12BrClN2O3S/c1-24-12-7-6-9(18)8-11(12)16(22)20-21-17(23)15-14(19)10-4-2-3-5-13(10)25-15/h2-8H,1H3,(H,20,22)(H,21,23). The van der Waals surface area contributed by atoms with Crippen LogP contribution < -0.4 is 15.6 Å². The number of hydrogen-bond donors (Lipinski definition) is 2. The predicted octanol–water partition coefficient (Wildman–Crippen LogP) is 4.40. The Morgan fingerprint density at radius 2 is 1.84 bits per heavy atom. The highest BCUT2D eigenvalue weighted by Gasteiger charge is 2.19. The van der Waals surface area contributed by atoms with Gasteiger partial charge in [-0.3, -0.25) is 20.4 Å². The van der Waals surface area contributed by atoms with Gasteiger partial charge < -0.3 is 4.74 Å². The molecule has 0 aliphatic carbocycles. The van der Waals surface area contributed by atoms with E-state index < -0.39 is 11.8 Å². The normalized spacial score (nSPS) is 10.5. The number of carbonyl (C=O) groups excluding carboxylic acids is 2. The van der Waals surface area contributed by atoms with Crippen molar-refractivity contribution in [3.05, 3.63) is 62.4 Å². The number of halogens is 2. The SMILES string of the molecule is COc1ccc(Br)cc1C(=O)NNC(=O)c1sc2ccccc2c1Cl. The molecule has 25 heavy (non-hydrogen) atoms. The molecule has 0 fully saturated rings. The Morgan fingerprint density at radius 3 is 2.56 bits per heavy atom. The molecule has 3 aromatic rings. The van der Waals surface area contributed by atoms with Crippen molar-refractivity contribution in [2.24, 2.45) is 0 Å². The topological polar surface area (TPSA) is 67.4 Å². The van der Waals surface area contributed by atoms with Crippen LogP contribution in [-0.2, 0) is 0 Å². The molecule has 0 bridgehead atoms. The third kappa shape index (κ3) is 3.63. The lowest BCUT2D eigenvalue weighted by Crippen LogP contribution is -2.41. The highest BCUT2D eigenvalue weighted by Crippen LogP contribution is 2.34.